The maximum Gasteiger partial charge on any atom is 0.319 e. The summed E-state index contributed by atoms with van der Waals surface area (Å²) in [5.74, 6) is -0.596. The second-order valence-electron chi connectivity index (χ2n) is 7.82. The van der Waals surface area contributed by atoms with Crippen molar-refractivity contribution in [1.29, 1.82) is 0 Å². The van der Waals surface area contributed by atoms with Crippen LogP contribution in [0.25, 0.3) is 10.9 Å². The van der Waals surface area contributed by atoms with Crippen LogP contribution in [0.15, 0.2) is 77.7 Å². The molecule has 4 rings (SSSR count). The zero-order chi connectivity index (χ0) is 24.3. The maximum atomic E-state index is 13.3. The molecule has 0 atom stereocenters. The number of urea groups is 1. The number of sulfone groups is 1. The summed E-state index contributed by atoms with van der Waals surface area (Å²) >= 11 is 6.04. The fourth-order valence-electron chi connectivity index (χ4n) is 3.90. The van der Waals surface area contributed by atoms with E-state index in [-0.39, 0.29) is 23.0 Å². The summed E-state index contributed by atoms with van der Waals surface area (Å²) < 4.78 is 41.8. The number of aromatic nitrogens is 1. The van der Waals surface area contributed by atoms with E-state index in [2.05, 4.69) is 10.6 Å². The highest BCUT2D eigenvalue weighted by molar-refractivity contribution is 7.91. The Kier molecular flexibility index (Phi) is 6.90. The fraction of sp³-hybridized carbons (Fsp3) is 0.160. The van der Waals surface area contributed by atoms with Crippen molar-refractivity contribution in [2.75, 3.05) is 17.6 Å². The van der Waals surface area contributed by atoms with Gasteiger partial charge in [-0.3, -0.25) is 0 Å². The van der Waals surface area contributed by atoms with E-state index in [0.29, 0.717) is 28.3 Å². The third-order valence-corrected chi connectivity index (χ3v) is 7.72. The molecule has 9 heteroatoms. The minimum absolute atomic E-state index is 0.0739. The molecular formula is C25H23ClFN3O3S. The van der Waals surface area contributed by atoms with Crippen LogP contribution in [0.5, 0.6) is 0 Å². The van der Waals surface area contributed by atoms with Crippen molar-refractivity contribution in [3.8, 4) is 0 Å². The van der Waals surface area contributed by atoms with Crippen molar-refractivity contribution in [2.45, 2.75) is 18.4 Å². The summed E-state index contributed by atoms with van der Waals surface area (Å²) in [6, 6.07) is 19.6. The van der Waals surface area contributed by atoms with Crippen LogP contribution in [-0.2, 0) is 16.4 Å². The van der Waals surface area contributed by atoms with E-state index in [1.807, 2.05) is 16.7 Å². The SMILES string of the molecule is Cc1c(S(=O)(=O)CCNC(=O)Nc2ccccc2Cl)c2ccccc2n1Cc1ccc(F)cc1. The number of amides is 2. The second-order valence-corrected chi connectivity index (χ2v) is 10.3. The van der Waals surface area contributed by atoms with Crippen molar-refractivity contribution in [2.24, 2.45) is 0 Å². The van der Waals surface area contributed by atoms with Gasteiger partial charge < -0.3 is 15.2 Å². The first kappa shape index (κ1) is 23.8. The minimum Gasteiger partial charge on any atom is -0.339 e. The molecule has 34 heavy (non-hydrogen) atoms. The number of fused-ring (bicyclic) bond motifs is 1. The van der Waals surface area contributed by atoms with Crippen molar-refractivity contribution in [3.63, 3.8) is 0 Å². The number of benzene rings is 3. The smallest absolute Gasteiger partial charge is 0.319 e. The molecular weight excluding hydrogens is 477 g/mol. The Morgan fingerprint density at radius 1 is 1.00 bits per heavy atom. The maximum absolute atomic E-state index is 13.3. The lowest BCUT2D eigenvalue weighted by Crippen LogP contribution is -2.33. The van der Waals surface area contributed by atoms with Gasteiger partial charge in [0.25, 0.3) is 0 Å². The van der Waals surface area contributed by atoms with Crippen LogP contribution in [0.4, 0.5) is 14.9 Å². The van der Waals surface area contributed by atoms with Crippen molar-refractivity contribution < 1.29 is 17.6 Å². The van der Waals surface area contributed by atoms with Gasteiger partial charge in [0.2, 0.25) is 0 Å². The number of para-hydroxylation sites is 2. The number of nitrogens with zero attached hydrogens (tertiary/aromatic N) is 1. The van der Waals surface area contributed by atoms with Gasteiger partial charge in [-0.15, -0.1) is 0 Å². The second kappa shape index (κ2) is 9.87. The molecule has 2 N–H and O–H groups in total. The number of hydrogen-bond acceptors (Lipinski definition) is 3. The predicted octanol–water partition coefficient (Wildman–Crippen LogP) is 5.39. The molecule has 0 aliphatic rings. The normalized spacial score (nSPS) is 11.5. The summed E-state index contributed by atoms with van der Waals surface area (Å²) in [6.07, 6.45) is 0. The number of rotatable bonds is 7. The van der Waals surface area contributed by atoms with Gasteiger partial charge in [0.15, 0.2) is 9.84 Å². The van der Waals surface area contributed by atoms with Crippen molar-refractivity contribution in [3.05, 3.63) is 94.9 Å². The number of hydrogen-bond donors (Lipinski definition) is 2. The minimum atomic E-state index is -3.72. The molecule has 4 aromatic rings. The highest BCUT2D eigenvalue weighted by Gasteiger charge is 2.25. The van der Waals surface area contributed by atoms with Crippen molar-refractivity contribution in [1.82, 2.24) is 9.88 Å². The van der Waals surface area contributed by atoms with E-state index in [0.717, 1.165) is 11.1 Å². The fourth-order valence-corrected chi connectivity index (χ4v) is 5.72. The van der Waals surface area contributed by atoms with Crippen LogP contribution >= 0.6 is 11.6 Å². The predicted molar refractivity (Wildman–Crippen MR) is 133 cm³/mol. The van der Waals surface area contributed by atoms with Gasteiger partial charge >= 0.3 is 6.03 Å². The lowest BCUT2D eigenvalue weighted by Gasteiger charge is -2.11. The zero-order valence-electron chi connectivity index (χ0n) is 18.4. The van der Waals surface area contributed by atoms with Gasteiger partial charge in [-0.2, -0.15) is 0 Å². The summed E-state index contributed by atoms with van der Waals surface area (Å²) in [6.45, 7) is 2.09. The van der Waals surface area contributed by atoms with Gasteiger partial charge in [-0.1, -0.05) is 54.1 Å². The topological polar surface area (TPSA) is 80.2 Å². The Morgan fingerprint density at radius 3 is 2.41 bits per heavy atom. The number of halogens is 2. The van der Waals surface area contributed by atoms with Gasteiger partial charge in [0.05, 0.1) is 21.4 Å². The largest absolute Gasteiger partial charge is 0.339 e. The Labute approximate surface area is 202 Å². The quantitative estimate of drug-likeness (QED) is 0.358. The summed E-state index contributed by atoms with van der Waals surface area (Å²) in [5, 5.41) is 6.18. The first-order chi connectivity index (χ1) is 16.3. The third-order valence-electron chi connectivity index (χ3n) is 5.52. The lowest BCUT2D eigenvalue weighted by atomic mass is 10.2. The number of anilines is 1. The van der Waals surface area contributed by atoms with E-state index in [1.54, 1.807) is 55.5 Å². The van der Waals surface area contributed by atoms with Gasteiger partial charge in [0.1, 0.15) is 5.82 Å². The zero-order valence-corrected chi connectivity index (χ0v) is 20.0. The van der Waals surface area contributed by atoms with Crippen LogP contribution in [0, 0.1) is 12.7 Å². The highest BCUT2D eigenvalue weighted by atomic mass is 35.5. The summed E-state index contributed by atoms with van der Waals surface area (Å²) in [5.41, 5.74) is 2.65. The van der Waals surface area contributed by atoms with Crippen LogP contribution < -0.4 is 10.6 Å². The van der Waals surface area contributed by atoms with E-state index < -0.39 is 15.9 Å². The highest BCUT2D eigenvalue weighted by Crippen LogP contribution is 2.31. The number of carbonyl (C=O) groups is 1. The molecule has 0 spiro atoms. The van der Waals surface area contributed by atoms with Crippen LogP contribution in [0.2, 0.25) is 5.02 Å². The number of carbonyl (C=O) groups excluding carboxylic acids is 1. The van der Waals surface area contributed by atoms with E-state index >= 15 is 0 Å². The van der Waals surface area contributed by atoms with Gasteiger partial charge in [-0.05, 0) is 42.8 Å². The molecule has 0 fully saturated rings. The molecule has 0 aliphatic carbocycles. The number of nitrogens with one attached hydrogen (secondary N) is 2. The summed E-state index contributed by atoms with van der Waals surface area (Å²) in [7, 11) is -3.72. The van der Waals surface area contributed by atoms with Crippen LogP contribution in [0.1, 0.15) is 11.3 Å². The Hall–Kier alpha value is -3.36. The van der Waals surface area contributed by atoms with Crippen LogP contribution in [-0.4, -0.2) is 31.3 Å². The molecule has 0 radical (unpaired) electrons. The average molecular weight is 500 g/mol. The monoisotopic (exact) mass is 499 g/mol. The van der Waals surface area contributed by atoms with Crippen LogP contribution in [0.3, 0.4) is 0 Å². The molecule has 6 nitrogen and oxygen atoms in total. The Bertz CT molecular complexity index is 1450. The molecule has 0 saturated carbocycles. The molecule has 1 heterocycles. The average Bonchev–Trinajstić information content (AvgIpc) is 3.09. The molecule has 2 amide bonds. The first-order valence-corrected chi connectivity index (χ1v) is 12.6. The first-order valence-electron chi connectivity index (χ1n) is 10.6. The Morgan fingerprint density at radius 2 is 1.68 bits per heavy atom. The van der Waals surface area contributed by atoms with Gasteiger partial charge in [-0.25, -0.2) is 17.6 Å². The Balaban J connectivity index is 1.54. The third kappa shape index (κ3) is 5.08. The molecule has 0 bridgehead atoms. The van der Waals surface area contributed by atoms with Crippen molar-refractivity contribution >= 4 is 44.1 Å². The molecule has 176 valence electrons. The molecule has 3 aromatic carbocycles. The molecule has 0 aliphatic heterocycles. The lowest BCUT2D eigenvalue weighted by molar-refractivity contribution is 0.252. The van der Waals surface area contributed by atoms with E-state index in [9.17, 15) is 17.6 Å². The van der Waals surface area contributed by atoms with Gasteiger partial charge in [0, 0.05) is 29.7 Å². The molecule has 1 aromatic heterocycles. The molecule has 0 saturated heterocycles. The van der Waals surface area contributed by atoms with E-state index in [4.69, 9.17) is 11.6 Å². The summed E-state index contributed by atoms with van der Waals surface area (Å²) in [4.78, 5) is 12.4. The molecule has 0 unspecified atom stereocenters. The standard InChI is InChI=1S/C25H23ClFN3O3S/c1-17-24(34(32,33)15-14-28-25(31)29-22-8-4-3-7-21(22)26)20-6-2-5-9-23(20)30(17)16-18-10-12-19(27)13-11-18/h2-13H,14-16H2,1H3,(H2,28,29,31). The van der Waals surface area contributed by atoms with E-state index in [1.165, 1.54) is 12.1 Å².